The van der Waals surface area contributed by atoms with Gasteiger partial charge >= 0.3 is 6.18 Å². The highest BCUT2D eigenvalue weighted by Crippen LogP contribution is 2.53. The van der Waals surface area contributed by atoms with Gasteiger partial charge in [0.1, 0.15) is 0 Å². The quantitative estimate of drug-likeness (QED) is 0.624. The summed E-state index contributed by atoms with van der Waals surface area (Å²) in [5, 5.41) is 19.9. The van der Waals surface area contributed by atoms with Crippen LogP contribution in [-0.2, 0) is 10.4 Å². The molecular weight excluding hydrogens is 347 g/mol. The van der Waals surface area contributed by atoms with Gasteiger partial charge in [0.15, 0.2) is 0 Å². The summed E-state index contributed by atoms with van der Waals surface area (Å²) in [4.78, 5) is 13.6. The van der Waals surface area contributed by atoms with E-state index in [0.29, 0.717) is 0 Å². The summed E-state index contributed by atoms with van der Waals surface area (Å²) >= 11 is 0. The average Bonchev–Trinajstić information content (AvgIpc) is 2.78. The van der Waals surface area contributed by atoms with Crippen molar-refractivity contribution in [3.8, 4) is 12.3 Å². The number of aliphatic hydroxyl groups is 2. The third-order valence-electron chi connectivity index (χ3n) is 4.75. The molecule has 1 saturated heterocycles. The van der Waals surface area contributed by atoms with Crippen LogP contribution in [0.3, 0.4) is 0 Å². The predicted molar refractivity (Wildman–Crippen MR) is 88.5 cm³/mol. The van der Waals surface area contributed by atoms with E-state index in [9.17, 15) is 28.2 Å². The SMILES string of the molecule is C#C/C(=C\C1=C(C)c2ccccc2C1(O)C(F)(F)F)C(=O)N1CC(O)C1. The first-order valence-corrected chi connectivity index (χ1v) is 7.87. The van der Waals surface area contributed by atoms with E-state index in [0.717, 1.165) is 6.08 Å². The second-order valence-electron chi connectivity index (χ2n) is 6.36. The Hall–Kier alpha value is -2.56. The molecule has 1 aromatic rings. The number of alkyl halides is 3. The third-order valence-corrected chi connectivity index (χ3v) is 4.75. The number of aliphatic hydroxyl groups excluding tert-OH is 1. The molecule has 1 fully saturated rings. The normalized spacial score (nSPS) is 23.6. The van der Waals surface area contributed by atoms with Crippen molar-refractivity contribution in [2.75, 3.05) is 13.1 Å². The average molecular weight is 363 g/mol. The molecule has 1 heterocycles. The molecule has 0 bridgehead atoms. The highest BCUT2D eigenvalue weighted by Gasteiger charge is 2.60. The molecule has 0 radical (unpaired) electrons. The fourth-order valence-corrected chi connectivity index (χ4v) is 3.31. The van der Waals surface area contributed by atoms with Crippen LogP contribution in [0.5, 0.6) is 0 Å². The van der Waals surface area contributed by atoms with E-state index in [1.54, 1.807) is 6.07 Å². The maximum absolute atomic E-state index is 13.8. The van der Waals surface area contributed by atoms with E-state index in [4.69, 9.17) is 6.42 Å². The number of carbonyl (C=O) groups is 1. The maximum Gasteiger partial charge on any atom is 0.425 e. The molecule has 1 amide bonds. The first-order valence-electron chi connectivity index (χ1n) is 7.87. The maximum atomic E-state index is 13.8. The Morgan fingerprint density at radius 2 is 2.00 bits per heavy atom. The fraction of sp³-hybridized carbons (Fsp3) is 0.316. The number of hydrogen-bond donors (Lipinski definition) is 2. The minimum atomic E-state index is -5.00. The van der Waals surface area contributed by atoms with Gasteiger partial charge in [-0.2, -0.15) is 13.2 Å². The fourth-order valence-electron chi connectivity index (χ4n) is 3.31. The first-order chi connectivity index (χ1) is 12.1. The molecular formula is C19H16F3NO3. The zero-order valence-electron chi connectivity index (χ0n) is 13.8. The van der Waals surface area contributed by atoms with E-state index in [1.165, 1.54) is 30.0 Å². The third kappa shape index (κ3) is 2.54. The lowest BCUT2D eigenvalue weighted by Crippen LogP contribution is -2.53. The van der Waals surface area contributed by atoms with Gasteiger partial charge in [-0.05, 0) is 24.1 Å². The van der Waals surface area contributed by atoms with Crippen LogP contribution in [0.1, 0.15) is 18.1 Å². The molecule has 2 N–H and O–H groups in total. The topological polar surface area (TPSA) is 60.8 Å². The molecule has 0 aromatic heterocycles. The van der Waals surface area contributed by atoms with Crippen molar-refractivity contribution in [3.63, 3.8) is 0 Å². The monoisotopic (exact) mass is 363 g/mol. The van der Waals surface area contributed by atoms with Crippen molar-refractivity contribution in [2.45, 2.75) is 24.8 Å². The number of benzene rings is 1. The van der Waals surface area contributed by atoms with Gasteiger partial charge in [0.2, 0.25) is 5.60 Å². The predicted octanol–water partition coefficient (Wildman–Crippen LogP) is 1.99. The van der Waals surface area contributed by atoms with Crippen molar-refractivity contribution in [1.29, 1.82) is 0 Å². The van der Waals surface area contributed by atoms with Crippen LogP contribution in [0, 0.1) is 12.3 Å². The Morgan fingerprint density at radius 3 is 2.54 bits per heavy atom. The van der Waals surface area contributed by atoms with Crippen LogP contribution in [-0.4, -0.2) is 46.4 Å². The number of likely N-dealkylation sites (tertiary alicyclic amines) is 1. The molecule has 1 aliphatic carbocycles. The molecule has 0 spiro atoms. The number of terminal acetylenes is 1. The Kier molecular flexibility index (Phi) is 4.21. The van der Waals surface area contributed by atoms with Gasteiger partial charge in [-0.1, -0.05) is 30.2 Å². The number of halogens is 3. The van der Waals surface area contributed by atoms with E-state index in [1.807, 2.05) is 0 Å². The standard InChI is InChI=1S/C19H16F3NO3/c1-3-12(17(25)23-9-13(24)10-23)8-16-11(2)14-6-4-5-7-15(14)18(16,26)19(20,21)22/h1,4-8,13,24,26H,9-10H2,2H3/b12-8+. The number of nitrogens with zero attached hydrogens (tertiary/aromatic N) is 1. The molecule has 1 unspecified atom stereocenters. The number of carbonyl (C=O) groups excluding carboxylic acids is 1. The summed E-state index contributed by atoms with van der Waals surface area (Å²) in [6.45, 7) is 1.58. The van der Waals surface area contributed by atoms with E-state index < -0.39 is 29.4 Å². The summed E-state index contributed by atoms with van der Waals surface area (Å²) in [7, 11) is 0. The van der Waals surface area contributed by atoms with Gasteiger partial charge in [-0.3, -0.25) is 4.79 Å². The van der Waals surface area contributed by atoms with Crippen LogP contribution >= 0.6 is 0 Å². The van der Waals surface area contributed by atoms with E-state index in [-0.39, 0.29) is 35.4 Å². The molecule has 0 saturated carbocycles. The van der Waals surface area contributed by atoms with Crippen molar-refractivity contribution < 1.29 is 28.2 Å². The number of hydrogen-bond acceptors (Lipinski definition) is 3. The molecule has 1 aliphatic heterocycles. The lowest BCUT2D eigenvalue weighted by Gasteiger charge is -2.36. The minimum absolute atomic E-state index is 0.0691. The van der Waals surface area contributed by atoms with E-state index in [2.05, 4.69) is 5.92 Å². The molecule has 7 heteroatoms. The second-order valence-corrected chi connectivity index (χ2v) is 6.36. The van der Waals surface area contributed by atoms with Gasteiger partial charge in [0.05, 0.1) is 11.7 Å². The van der Waals surface area contributed by atoms with Gasteiger partial charge in [-0.15, -0.1) is 6.42 Å². The summed E-state index contributed by atoms with van der Waals surface area (Å²) in [6.07, 6.45) is 0.601. The zero-order chi connectivity index (χ0) is 19.3. The number of rotatable bonds is 2. The lowest BCUT2D eigenvalue weighted by atomic mass is 9.88. The molecule has 136 valence electrons. The number of fused-ring (bicyclic) bond motifs is 1. The summed E-state index contributed by atoms with van der Waals surface area (Å²) in [5.74, 6) is 1.45. The van der Waals surface area contributed by atoms with E-state index >= 15 is 0 Å². The molecule has 3 rings (SSSR count). The Morgan fingerprint density at radius 1 is 1.38 bits per heavy atom. The van der Waals surface area contributed by atoms with Gasteiger partial charge in [0, 0.05) is 24.2 Å². The van der Waals surface area contributed by atoms with Crippen LogP contribution < -0.4 is 0 Å². The Bertz CT molecular complexity index is 873. The summed E-state index contributed by atoms with van der Waals surface area (Å²) in [5.41, 5.74) is -3.86. The molecule has 1 aromatic carbocycles. The Balaban J connectivity index is 2.12. The molecule has 26 heavy (non-hydrogen) atoms. The van der Waals surface area contributed by atoms with Crippen molar-refractivity contribution in [1.82, 2.24) is 4.90 Å². The van der Waals surface area contributed by atoms with Crippen LogP contribution in [0.15, 0.2) is 41.5 Å². The van der Waals surface area contributed by atoms with Crippen molar-refractivity contribution in [2.24, 2.45) is 0 Å². The second kappa shape index (κ2) is 6.01. The van der Waals surface area contributed by atoms with Crippen LogP contribution in [0.25, 0.3) is 5.57 Å². The van der Waals surface area contributed by atoms with Crippen LogP contribution in [0.2, 0.25) is 0 Å². The van der Waals surface area contributed by atoms with Crippen molar-refractivity contribution >= 4 is 11.5 Å². The van der Waals surface area contributed by atoms with Gasteiger partial charge in [-0.25, -0.2) is 0 Å². The minimum Gasteiger partial charge on any atom is -0.389 e. The summed E-state index contributed by atoms with van der Waals surface area (Å²) < 4.78 is 41.4. The molecule has 4 nitrogen and oxygen atoms in total. The highest BCUT2D eigenvalue weighted by molar-refractivity contribution is 5.99. The van der Waals surface area contributed by atoms with Crippen molar-refractivity contribution in [3.05, 3.63) is 52.6 Å². The highest BCUT2D eigenvalue weighted by atomic mass is 19.4. The number of amides is 1. The first kappa shape index (κ1) is 18.2. The summed E-state index contributed by atoms with van der Waals surface area (Å²) in [6, 6.07) is 5.66. The van der Waals surface area contributed by atoms with Gasteiger partial charge in [0.25, 0.3) is 5.91 Å². The smallest absolute Gasteiger partial charge is 0.389 e. The number of β-amino-alcohol motifs (C(OH)–C–C–N with tert-alkyl or cyclic N) is 1. The Labute approximate surface area is 148 Å². The lowest BCUT2D eigenvalue weighted by molar-refractivity contribution is -0.247. The molecule has 1 atom stereocenters. The van der Waals surface area contributed by atoms with Crippen LogP contribution in [0.4, 0.5) is 13.2 Å². The van der Waals surface area contributed by atoms with Gasteiger partial charge < -0.3 is 15.1 Å². The number of allylic oxidation sites excluding steroid dienone is 1. The molecule has 2 aliphatic rings. The largest absolute Gasteiger partial charge is 0.425 e. The zero-order valence-corrected chi connectivity index (χ0v) is 13.8.